The molecule has 0 spiro atoms. The molecule has 18 heavy (non-hydrogen) atoms. The van der Waals surface area contributed by atoms with Gasteiger partial charge in [-0.1, -0.05) is 26.7 Å². The van der Waals surface area contributed by atoms with Gasteiger partial charge in [-0.3, -0.25) is 0 Å². The summed E-state index contributed by atoms with van der Waals surface area (Å²) in [4.78, 5) is 0. The van der Waals surface area contributed by atoms with Gasteiger partial charge in [0, 0.05) is 6.42 Å². The van der Waals surface area contributed by atoms with Crippen molar-refractivity contribution in [1.82, 2.24) is 5.32 Å². The smallest absolute Gasteiger partial charge is 0.178 e. The molecule has 0 saturated carbocycles. The van der Waals surface area contributed by atoms with Crippen LogP contribution >= 0.6 is 0 Å². The highest BCUT2D eigenvalue weighted by atomic mass is 16.5. The maximum atomic E-state index is 9.18. The molecule has 0 aromatic rings. The van der Waals surface area contributed by atoms with Crippen molar-refractivity contribution in [2.75, 3.05) is 6.61 Å². The van der Waals surface area contributed by atoms with E-state index in [1.165, 1.54) is 0 Å². The highest BCUT2D eigenvalue weighted by Crippen LogP contribution is 2.25. The lowest BCUT2D eigenvalue weighted by Gasteiger charge is -2.29. The van der Waals surface area contributed by atoms with E-state index in [4.69, 9.17) is 4.74 Å². The van der Waals surface area contributed by atoms with Gasteiger partial charge >= 0.3 is 0 Å². The van der Waals surface area contributed by atoms with Gasteiger partial charge in [0.2, 0.25) is 0 Å². The maximum Gasteiger partial charge on any atom is 0.178 e. The molecule has 2 atom stereocenters. The molecule has 1 aliphatic heterocycles. The van der Waals surface area contributed by atoms with Crippen LogP contribution in [0.1, 0.15) is 33.1 Å². The quantitative estimate of drug-likeness (QED) is 0.539. The highest BCUT2D eigenvalue weighted by molar-refractivity contribution is 6.38. The minimum absolute atomic E-state index is 0.296. The van der Waals surface area contributed by atoms with Crippen LogP contribution < -0.4 is 5.32 Å². The minimum Gasteiger partial charge on any atom is -0.513 e. The molecule has 0 amide bonds. The Hall–Kier alpha value is -1.06. The zero-order chi connectivity index (χ0) is 13.5. The van der Waals surface area contributed by atoms with E-state index in [1.807, 2.05) is 0 Å². The summed E-state index contributed by atoms with van der Waals surface area (Å²) >= 11 is 0. The minimum atomic E-state index is 0.296. The van der Waals surface area contributed by atoms with E-state index in [1.54, 1.807) is 0 Å². The molecule has 4 heteroatoms. The van der Waals surface area contributed by atoms with Gasteiger partial charge in [-0.15, -0.1) is 0 Å². The molecule has 0 bridgehead atoms. The Bertz CT molecular complexity index is 284. The van der Waals surface area contributed by atoms with Crippen molar-refractivity contribution in [2.24, 2.45) is 11.8 Å². The van der Waals surface area contributed by atoms with Crippen LogP contribution in [-0.2, 0) is 4.74 Å². The van der Waals surface area contributed by atoms with Crippen LogP contribution in [0.15, 0.2) is 24.8 Å². The summed E-state index contributed by atoms with van der Waals surface area (Å²) in [5, 5.41) is 12.5. The van der Waals surface area contributed by atoms with Gasteiger partial charge < -0.3 is 15.2 Å². The molecule has 1 saturated heterocycles. The first-order valence-corrected chi connectivity index (χ1v) is 6.75. The molecule has 0 aliphatic carbocycles. The summed E-state index contributed by atoms with van der Waals surface area (Å²) in [5.41, 5.74) is 0. The van der Waals surface area contributed by atoms with Crippen molar-refractivity contribution in [1.29, 1.82) is 0 Å². The first kappa shape index (κ1) is 15.0. The van der Waals surface area contributed by atoms with E-state index in [2.05, 4.69) is 39.6 Å². The van der Waals surface area contributed by atoms with Crippen molar-refractivity contribution in [2.45, 2.75) is 45.4 Å². The fourth-order valence-corrected chi connectivity index (χ4v) is 2.17. The lowest BCUT2D eigenvalue weighted by atomic mass is 9.56. The lowest BCUT2D eigenvalue weighted by Crippen LogP contribution is -2.38. The molecule has 0 aromatic carbocycles. The Morgan fingerprint density at radius 3 is 2.67 bits per heavy atom. The van der Waals surface area contributed by atoms with Crippen molar-refractivity contribution in [3.8, 4) is 0 Å². The third-order valence-electron chi connectivity index (χ3n) is 3.10. The summed E-state index contributed by atoms with van der Waals surface area (Å²) in [5.74, 6) is 2.34. The first-order chi connectivity index (χ1) is 8.47. The van der Waals surface area contributed by atoms with E-state index in [-0.39, 0.29) is 0 Å². The van der Waals surface area contributed by atoms with E-state index in [0.29, 0.717) is 42.4 Å². The Morgan fingerprint density at radius 1 is 1.44 bits per heavy atom. The van der Waals surface area contributed by atoms with Crippen molar-refractivity contribution < 1.29 is 9.84 Å². The fourth-order valence-electron chi connectivity index (χ4n) is 2.17. The molecule has 1 radical (unpaired) electrons. The molecule has 2 unspecified atom stereocenters. The predicted molar refractivity (Wildman–Crippen MR) is 76.5 cm³/mol. The van der Waals surface area contributed by atoms with E-state index in [9.17, 15) is 5.11 Å². The maximum absolute atomic E-state index is 9.18. The molecular weight excluding hydrogens is 225 g/mol. The van der Waals surface area contributed by atoms with Crippen LogP contribution in [0.25, 0.3) is 0 Å². The van der Waals surface area contributed by atoms with Crippen LogP contribution in [0.4, 0.5) is 0 Å². The Balaban J connectivity index is 2.18. The number of hydrogen-bond donors (Lipinski definition) is 2. The van der Waals surface area contributed by atoms with Crippen molar-refractivity contribution in [3.05, 3.63) is 24.8 Å². The standard InChI is InChI=1S/C14H25BNO2/c1-10(2)9-18-12(4)16-14-6-5-13(8-15-14)7-11(3)17/h10,13-14,16-17H,3-9H2,1-2H3. The number of aliphatic hydroxyl groups excluding tert-OH is 1. The van der Waals surface area contributed by atoms with Gasteiger partial charge in [0.25, 0.3) is 0 Å². The molecule has 2 N–H and O–H groups in total. The zero-order valence-electron chi connectivity index (χ0n) is 11.6. The fraction of sp³-hybridized carbons (Fsp3) is 0.714. The number of rotatable bonds is 7. The largest absolute Gasteiger partial charge is 0.513 e. The second kappa shape index (κ2) is 7.40. The first-order valence-electron chi connectivity index (χ1n) is 6.75. The summed E-state index contributed by atoms with van der Waals surface area (Å²) in [6, 6.07) is 0. The van der Waals surface area contributed by atoms with Gasteiger partial charge in [-0.25, -0.2) is 0 Å². The van der Waals surface area contributed by atoms with Crippen LogP contribution in [-0.4, -0.2) is 24.9 Å². The van der Waals surface area contributed by atoms with E-state index >= 15 is 0 Å². The van der Waals surface area contributed by atoms with Gasteiger partial charge in [0.1, 0.15) is 7.28 Å². The SMILES string of the molecule is C=C(O)CC1C[B]C(NC(=C)OCC(C)C)CC1. The van der Waals surface area contributed by atoms with Crippen LogP contribution in [0.5, 0.6) is 0 Å². The summed E-state index contributed by atoms with van der Waals surface area (Å²) in [6.07, 6.45) is 3.88. The van der Waals surface area contributed by atoms with Gasteiger partial charge in [0.05, 0.1) is 12.4 Å². The summed E-state index contributed by atoms with van der Waals surface area (Å²) in [6.45, 7) is 12.4. The normalized spacial score (nSPS) is 23.3. The van der Waals surface area contributed by atoms with Crippen molar-refractivity contribution >= 4 is 7.28 Å². The topological polar surface area (TPSA) is 41.5 Å². The molecule has 1 aliphatic rings. The van der Waals surface area contributed by atoms with E-state index < -0.39 is 0 Å². The van der Waals surface area contributed by atoms with Crippen LogP contribution in [0.3, 0.4) is 0 Å². The molecule has 101 valence electrons. The number of hydrogen-bond acceptors (Lipinski definition) is 3. The number of nitrogens with one attached hydrogen (secondary N) is 1. The molecule has 3 nitrogen and oxygen atoms in total. The number of allylic oxidation sites excluding steroid dienone is 1. The Labute approximate surface area is 112 Å². The average Bonchev–Trinajstić information content (AvgIpc) is 2.28. The van der Waals surface area contributed by atoms with Gasteiger partial charge in [-0.2, -0.15) is 0 Å². The highest BCUT2D eigenvalue weighted by Gasteiger charge is 2.22. The predicted octanol–water partition coefficient (Wildman–Crippen LogP) is 3.04. The lowest BCUT2D eigenvalue weighted by molar-refractivity contribution is 0.159. The summed E-state index contributed by atoms with van der Waals surface area (Å²) < 4.78 is 5.52. The summed E-state index contributed by atoms with van der Waals surface area (Å²) in [7, 11) is 2.25. The molecule has 1 heterocycles. The number of ether oxygens (including phenoxy) is 1. The average molecular weight is 250 g/mol. The molecule has 1 fully saturated rings. The second-order valence-corrected chi connectivity index (χ2v) is 5.56. The number of aliphatic hydroxyl groups is 1. The molecule has 1 rings (SSSR count). The Kier molecular flexibility index (Phi) is 6.16. The van der Waals surface area contributed by atoms with Crippen LogP contribution in [0.2, 0.25) is 6.32 Å². The molecule has 0 aromatic heterocycles. The molecular formula is C14H25BNO2. The van der Waals surface area contributed by atoms with E-state index in [0.717, 1.165) is 19.2 Å². The van der Waals surface area contributed by atoms with Crippen molar-refractivity contribution in [3.63, 3.8) is 0 Å². The Morgan fingerprint density at radius 2 is 2.17 bits per heavy atom. The monoisotopic (exact) mass is 250 g/mol. The zero-order valence-corrected chi connectivity index (χ0v) is 11.6. The third kappa shape index (κ3) is 6.03. The second-order valence-electron chi connectivity index (χ2n) is 5.56. The van der Waals surface area contributed by atoms with Gasteiger partial charge in [-0.05, 0) is 37.2 Å². The van der Waals surface area contributed by atoms with Gasteiger partial charge in [0.15, 0.2) is 5.88 Å². The van der Waals surface area contributed by atoms with Crippen LogP contribution in [0, 0.1) is 11.8 Å². The third-order valence-corrected chi connectivity index (χ3v) is 3.10.